The van der Waals surface area contributed by atoms with E-state index in [9.17, 15) is 44.7 Å². The van der Waals surface area contributed by atoms with E-state index in [2.05, 4.69) is 10.5 Å². The van der Waals surface area contributed by atoms with Crippen molar-refractivity contribution in [2.24, 2.45) is 28.8 Å². The van der Waals surface area contributed by atoms with Crippen LogP contribution in [0.2, 0.25) is 5.02 Å². The van der Waals surface area contributed by atoms with Gasteiger partial charge in [-0.2, -0.15) is 0 Å². The van der Waals surface area contributed by atoms with E-state index in [4.69, 9.17) is 54.3 Å². The molecular formula is C58H91ClN4O18. The third-order valence-corrected chi connectivity index (χ3v) is 17.2. The molecule has 1 unspecified atom stereocenters. The molecule has 1 aromatic carbocycles. The smallest absolute Gasteiger partial charge is 0.341 e. The maximum Gasteiger partial charge on any atom is 0.341 e. The Bertz CT molecular complexity index is 2560. The molecule has 23 heteroatoms. The molecule has 4 aliphatic rings. The molecule has 0 spiro atoms. The number of methoxy groups -OCH3 is 1. The maximum absolute atomic E-state index is 14.7. The van der Waals surface area contributed by atoms with E-state index in [-0.39, 0.29) is 81.2 Å². The number of nitrogens with zero attached hydrogens (tertiary/aromatic N) is 3. The van der Waals surface area contributed by atoms with Gasteiger partial charge >= 0.3 is 17.9 Å². The molecule has 0 radical (unpaired) electrons. The molecule has 4 fully saturated rings. The Morgan fingerprint density at radius 3 is 2.25 bits per heavy atom. The average Bonchev–Trinajstić information content (AvgIpc) is 4.42. The van der Waals surface area contributed by atoms with Crippen LogP contribution in [-0.2, 0) is 52.3 Å². The number of aliphatic hydroxyl groups is 4. The molecule has 6 rings (SSSR count). The highest BCUT2D eigenvalue weighted by molar-refractivity contribution is 6.34. The number of aromatic nitrogens is 1. The Morgan fingerprint density at radius 1 is 0.938 bits per heavy atom. The number of cyclic esters (lactones) is 1. The minimum absolute atomic E-state index is 0.0122. The Balaban J connectivity index is 1.20. The van der Waals surface area contributed by atoms with Crippen LogP contribution in [0, 0.1) is 23.7 Å². The van der Waals surface area contributed by atoms with Crippen LogP contribution in [0.4, 0.5) is 5.69 Å². The summed E-state index contributed by atoms with van der Waals surface area (Å²) in [4.78, 5) is 60.8. The summed E-state index contributed by atoms with van der Waals surface area (Å²) in [6, 6.07) is 2.93. The summed E-state index contributed by atoms with van der Waals surface area (Å²) in [5, 5.41) is 66.8. The van der Waals surface area contributed by atoms with Gasteiger partial charge in [0.2, 0.25) is 5.43 Å². The van der Waals surface area contributed by atoms with Crippen LogP contribution < -0.4 is 10.7 Å². The highest BCUT2D eigenvalue weighted by atomic mass is 35.5. The summed E-state index contributed by atoms with van der Waals surface area (Å²) in [7, 11) is 5.18. The van der Waals surface area contributed by atoms with Gasteiger partial charge in [0.05, 0.1) is 83.6 Å². The molecule has 3 aliphatic heterocycles. The number of carbonyl (C=O) groups excluding carboxylic acids is 2. The first-order valence-electron chi connectivity index (χ1n) is 28.7. The second kappa shape index (κ2) is 27.8. The number of benzene rings is 1. The van der Waals surface area contributed by atoms with Gasteiger partial charge < -0.3 is 83.0 Å². The molecule has 6 N–H and O–H groups in total. The van der Waals surface area contributed by atoms with Crippen molar-refractivity contribution >= 4 is 51.8 Å². The largest absolute Gasteiger partial charge is 0.477 e. The molecule has 81 heavy (non-hydrogen) atoms. The summed E-state index contributed by atoms with van der Waals surface area (Å²) in [5.74, 6) is -6.20. The predicted molar refractivity (Wildman–Crippen MR) is 301 cm³/mol. The maximum atomic E-state index is 14.7. The Kier molecular flexibility index (Phi) is 22.7. The lowest BCUT2D eigenvalue weighted by molar-refractivity contribution is -0.318. The standard InChI is InChI=1S/C58H91ClN4O18/c1-15-21-75-61-46-30(3)27-56(9,71)51(81-55-48(66)42(62(12)13)24-31(4)76-55)33(6)49(34(7)54(70)78-43(16-2)58(11,72)50(67)32(46)5)80-45-28-57(10,73-14)52(35(8)77-45)79-44(64)19-22-74-23-20-60-40-25-37-41(26-39(40)59)63(36-17-18-36)29-38(47(37)65)53(68)69/h25-26,29-36,42-43,45,48-52,55,60,66-67,71-72H,15-24,27-28H2,1-14H3,(H,68,69)/b61-46+/t30-,31-,32+,33+,34-,35+,42+,43-,45+,48-,49?,50-,51-,52+,55+,56-,57-,58-/m1/s1. The van der Waals surface area contributed by atoms with E-state index in [1.165, 1.54) is 20.2 Å². The summed E-state index contributed by atoms with van der Waals surface area (Å²) < 4.78 is 52.4. The number of hydrogen-bond acceptors (Lipinski definition) is 20. The van der Waals surface area contributed by atoms with Crippen molar-refractivity contribution in [3.05, 3.63) is 39.1 Å². The van der Waals surface area contributed by atoms with Crippen LogP contribution >= 0.6 is 11.6 Å². The number of oxime groups is 1. The van der Waals surface area contributed by atoms with Crippen LogP contribution in [-0.4, -0.2) is 190 Å². The molecule has 3 saturated heterocycles. The normalized spacial score (nSPS) is 37.0. The van der Waals surface area contributed by atoms with Crippen LogP contribution in [0.25, 0.3) is 10.9 Å². The number of rotatable bonds is 20. The van der Waals surface area contributed by atoms with Crippen molar-refractivity contribution in [3.8, 4) is 0 Å². The van der Waals surface area contributed by atoms with Gasteiger partial charge in [-0.25, -0.2) is 4.79 Å². The lowest BCUT2D eigenvalue weighted by Crippen LogP contribution is -2.61. The number of esters is 2. The second-order valence-corrected chi connectivity index (χ2v) is 24.2. The summed E-state index contributed by atoms with van der Waals surface area (Å²) in [6.07, 6.45) is -6.59. The number of carboxylic acid groups (broad SMARTS) is 1. The van der Waals surface area contributed by atoms with Crippen LogP contribution in [0.15, 0.2) is 28.3 Å². The molecular weight excluding hydrogens is 1080 g/mol. The molecule has 1 aliphatic carbocycles. The van der Waals surface area contributed by atoms with Gasteiger partial charge in [-0.1, -0.05) is 51.4 Å². The predicted octanol–water partition coefficient (Wildman–Crippen LogP) is 6.07. The number of pyridine rings is 1. The van der Waals surface area contributed by atoms with Crippen LogP contribution in [0.1, 0.15) is 144 Å². The number of nitrogens with one attached hydrogen (secondary N) is 1. The van der Waals surface area contributed by atoms with E-state index in [0.717, 1.165) is 12.8 Å². The third kappa shape index (κ3) is 15.5. The van der Waals surface area contributed by atoms with Gasteiger partial charge in [-0.3, -0.25) is 14.4 Å². The van der Waals surface area contributed by atoms with Crippen molar-refractivity contribution in [2.45, 2.75) is 218 Å². The first-order valence-corrected chi connectivity index (χ1v) is 29.1. The SMILES string of the molecule is CCCO/N=C1\[C@H](C)C[C@@](C)(O)[C@H](O[C@@H]2O[C@H](C)C[C@H](N(C)C)[C@H]2O)[C@@H](C)C(O[C@H]2C[C@@](C)(OC)[C@@H](OC(=O)CCOCCNc3cc4c(=O)c(C(=O)O)cn(C5CC5)c4cc3Cl)[C@H](C)O2)[C@@H](C)C(=O)O[C@H](CC)[C@@](C)(O)[C@H](O)[C@H]1C. The zero-order chi connectivity index (χ0) is 60.1. The fourth-order valence-electron chi connectivity index (χ4n) is 12.0. The fraction of sp³-hybridized carbons (Fsp3) is 0.776. The van der Waals surface area contributed by atoms with E-state index < -0.39 is 119 Å². The molecule has 1 aromatic heterocycles. The number of aliphatic hydroxyl groups excluding tert-OH is 2. The number of hydrogen-bond donors (Lipinski definition) is 6. The zero-order valence-electron chi connectivity index (χ0n) is 49.7. The number of carboxylic acids is 1. The highest BCUT2D eigenvalue weighted by Gasteiger charge is 2.54. The zero-order valence-corrected chi connectivity index (χ0v) is 50.5. The minimum atomic E-state index is -1.99. The Labute approximate surface area is 481 Å². The molecule has 0 bridgehead atoms. The number of likely N-dealkylation sites (N-methyl/N-ethyl adjacent to an activating group) is 1. The van der Waals surface area contributed by atoms with Crippen molar-refractivity contribution < 1.29 is 82.6 Å². The molecule has 18 atom stereocenters. The molecule has 458 valence electrons. The minimum Gasteiger partial charge on any atom is -0.477 e. The molecule has 1 saturated carbocycles. The first-order chi connectivity index (χ1) is 38.0. The number of aromatic carboxylic acids is 1. The van der Waals surface area contributed by atoms with Gasteiger partial charge in [0.1, 0.15) is 35.6 Å². The van der Waals surface area contributed by atoms with Gasteiger partial charge in [0.15, 0.2) is 18.7 Å². The number of anilines is 1. The van der Waals surface area contributed by atoms with Crippen LogP contribution in [0.5, 0.6) is 0 Å². The van der Waals surface area contributed by atoms with Gasteiger partial charge in [-0.15, -0.1) is 0 Å². The number of carbonyl (C=O) groups is 3. The lowest BCUT2D eigenvalue weighted by atomic mass is 9.73. The number of ether oxygens (including phenoxy) is 8. The average molecular weight is 1170 g/mol. The molecule has 4 heterocycles. The number of halogens is 1. The van der Waals surface area contributed by atoms with Gasteiger partial charge in [0.25, 0.3) is 0 Å². The molecule has 2 aromatic rings. The van der Waals surface area contributed by atoms with Gasteiger partial charge in [-0.05, 0) is 106 Å². The van der Waals surface area contributed by atoms with E-state index in [0.29, 0.717) is 34.8 Å². The first kappa shape index (κ1) is 66.1. The topological polar surface area (TPSA) is 285 Å². The van der Waals surface area contributed by atoms with Crippen LogP contribution in [0.3, 0.4) is 0 Å². The second-order valence-electron chi connectivity index (χ2n) is 23.8. The van der Waals surface area contributed by atoms with Gasteiger partial charge in [0, 0.05) is 61.5 Å². The number of fused-ring (bicyclic) bond motifs is 1. The fourth-order valence-corrected chi connectivity index (χ4v) is 12.3. The molecule has 0 amide bonds. The van der Waals surface area contributed by atoms with E-state index in [1.54, 1.807) is 65.2 Å². The van der Waals surface area contributed by atoms with Crippen molar-refractivity contribution in [3.63, 3.8) is 0 Å². The Hall–Kier alpha value is -4.04. The summed E-state index contributed by atoms with van der Waals surface area (Å²) >= 11 is 6.62. The van der Waals surface area contributed by atoms with Crippen molar-refractivity contribution in [2.75, 3.05) is 52.9 Å². The lowest BCUT2D eigenvalue weighted by Gasteiger charge is -2.49. The molecule has 22 nitrogen and oxygen atoms in total. The quantitative estimate of drug-likeness (QED) is 0.0498. The van der Waals surface area contributed by atoms with Crippen molar-refractivity contribution in [1.29, 1.82) is 0 Å². The summed E-state index contributed by atoms with van der Waals surface area (Å²) in [5.41, 5.74) is -4.61. The van der Waals surface area contributed by atoms with Crippen molar-refractivity contribution in [1.82, 2.24) is 9.47 Å². The van der Waals surface area contributed by atoms with E-state index >= 15 is 0 Å². The monoisotopic (exact) mass is 1170 g/mol. The Morgan fingerprint density at radius 2 is 1.63 bits per heavy atom. The third-order valence-electron chi connectivity index (χ3n) is 16.8. The summed E-state index contributed by atoms with van der Waals surface area (Å²) in [6.45, 7) is 19.5. The van der Waals surface area contributed by atoms with E-state index in [1.807, 2.05) is 39.8 Å². The highest BCUT2D eigenvalue weighted by Crippen LogP contribution is 2.43.